The second-order valence-corrected chi connectivity index (χ2v) is 8.12. The van der Waals surface area contributed by atoms with Crippen LogP contribution in [0.25, 0.3) is 6.08 Å². The maximum Gasteiger partial charge on any atom is 0.127 e. The van der Waals surface area contributed by atoms with Crippen LogP contribution in [0.5, 0.6) is 5.75 Å². The van der Waals surface area contributed by atoms with E-state index in [-0.39, 0.29) is 0 Å². The van der Waals surface area contributed by atoms with Gasteiger partial charge in [0.15, 0.2) is 0 Å². The van der Waals surface area contributed by atoms with Crippen LogP contribution in [0.1, 0.15) is 24.0 Å². The Kier molecular flexibility index (Phi) is 6.20. The molecule has 2 aliphatic heterocycles. The number of anilines is 1. The highest BCUT2D eigenvalue weighted by Gasteiger charge is 2.19. The van der Waals surface area contributed by atoms with Crippen LogP contribution in [0, 0.1) is 5.92 Å². The molecule has 2 aliphatic rings. The summed E-state index contributed by atoms with van der Waals surface area (Å²) in [4.78, 5) is 2.48. The van der Waals surface area contributed by atoms with Crippen molar-refractivity contribution in [1.29, 1.82) is 0 Å². The summed E-state index contributed by atoms with van der Waals surface area (Å²) >= 11 is 6.11. The third kappa shape index (κ3) is 4.69. The maximum atomic E-state index is 9.33. The minimum Gasteiger partial charge on any atom is -0.489 e. The molecule has 4 rings (SSSR count). The SMILES string of the molecule is OCC1CCN(Cc2ccccc2NCC2=Cc3cc(Cl)ccc3OC2)CC1. The van der Waals surface area contributed by atoms with Crippen molar-refractivity contribution in [2.45, 2.75) is 19.4 Å². The van der Waals surface area contributed by atoms with Crippen LogP contribution in [0.3, 0.4) is 0 Å². The van der Waals surface area contributed by atoms with Crippen molar-refractivity contribution < 1.29 is 9.84 Å². The molecule has 0 aliphatic carbocycles. The summed E-state index contributed by atoms with van der Waals surface area (Å²) in [7, 11) is 0. The van der Waals surface area contributed by atoms with Crippen molar-refractivity contribution in [2.24, 2.45) is 5.92 Å². The second kappa shape index (κ2) is 8.99. The van der Waals surface area contributed by atoms with Crippen LogP contribution in [0.4, 0.5) is 5.69 Å². The highest BCUT2D eigenvalue weighted by atomic mass is 35.5. The van der Waals surface area contributed by atoms with Gasteiger partial charge in [-0.2, -0.15) is 0 Å². The van der Waals surface area contributed by atoms with Gasteiger partial charge in [0.2, 0.25) is 0 Å². The Labute approximate surface area is 171 Å². The zero-order chi connectivity index (χ0) is 19.3. The number of nitrogens with zero attached hydrogens (tertiary/aromatic N) is 1. The summed E-state index contributed by atoms with van der Waals surface area (Å²) in [5.41, 5.74) is 4.72. The van der Waals surface area contributed by atoms with Gasteiger partial charge in [-0.1, -0.05) is 29.8 Å². The molecule has 4 nitrogen and oxygen atoms in total. The number of aliphatic hydroxyl groups excluding tert-OH is 1. The monoisotopic (exact) mass is 398 g/mol. The molecule has 0 amide bonds. The Hall–Kier alpha value is -2.01. The number of aliphatic hydroxyl groups is 1. The molecule has 2 aromatic rings. The molecule has 148 valence electrons. The summed E-state index contributed by atoms with van der Waals surface area (Å²) in [5.74, 6) is 1.36. The fourth-order valence-corrected chi connectivity index (χ4v) is 4.09. The molecule has 28 heavy (non-hydrogen) atoms. The summed E-state index contributed by atoms with van der Waals surface area (Å²) < 4.78 is 5.86. The van der Waals surface area contributed by atoms with Gasteiger partial charge in [0.1, 0.15) is 12.4 Å². The quantitative estimate of drug-likeness (QED) is 0.755. The van der Waals surface area contributed by atoms with Crippen molar-refractivity contribution in [3.05, 3.63) is 64.2 Å². The van der Waals surface area contributed by atoms with E-state index in [2.05, 4.69) is 40.6 Å². The highest BCUT2D eigenvalue weighted by Crippen LogP contribution is 2.29. The van der Waals surface area contributed by atoms with E-state index in [9.17, 15) is 5.11 Å². The molecule has 0 spiro atoms. The van der Waals surface area contributed by atoms with Crippen molar-refractivity contribution in [2.75, 3.05) is 38.2 Å². The molecule has 0 bridgehead atoms. The summed E-state index contributed by atoms with van der Waals surface area (Å²) in [6.45, 7) is 4.70. The topological polar surface area (TPSA) is 44.7 Å². The van der Waals surface area contributed by atoms with Gasteiger partial charge in [-0.05, 0) is 73.3 Å². The molecule has 1 fully saturated rings. The van der Waals surface area contributed by atoms with E-state index >= 15 is 0 Å². The van der Waals surface area contributed by atoms with E-state index in [4.69, 9.17) is 16.3 Å². The van der Waals surface area contributed by atoms with Crippen molar-refractivity contribution >= 4 is 23.4 Å². The van der Waals surface area contributed by atoms with Gasteiger partial charge in [-0.15, -0.1) is 0 Å². The average Bonchev–Trinajstić information content (AvgIpc) is 2.73. The zero-order valence-electron chi connectivity index (χ0n) is 16.0. The lowest BCUT2D eigenvalue weighted by Crippen LogP contribution is -2.34. The molecular formula is C23H27ClN2O2. The molecule has 0 unspecified atom stereocenters. The van der Waals surface area contributed by atoms with Crippen LogP contribution in [-0.2, 0) is 6.54 Å². The summed E-state index contributed by atoms with van der Waals surface area (Å²) in [5, 5.41) is 13.6. The number of nitrogens with one attached hydrogen (secondary N) is 1. The minimum absolute atomic E-state index is 0.317. The van der Waals surface area contributed by atoms with Gasteiger partial charge in [-0.25, -0.2) is 0 Å². The first kappa shape index (κ1) is 19.3. The van der Waals surface area contributed by atoms with E-state index in [0.717, 1.165) is 55.4 Å². The second-order valence-electron chi connectivity index (χ2n) is 7.69. The maximum absolute atomic E-state index is 9.33. The zero-order valence-corrected chi connectivity index (χ0v) is 16.8. The predicted octanol–water partition coefficient (Wildman–Crippen LogP) is 4.43. The standard InChI is InChI=1S/C23H27ClN2O2/c24-21-5-6-23-20(12-21)11-18(16-28-23)13-25-22-4-2-1-3-19(22)14-26-9-7-17(15-27)8-10-26/h1-6,11-12,17,25,27H,7-10,13-16H2. The Morgan fingerprint density at radius 1 is 1.14 bits per heavy atom. The molecule has 2 aromatic carbocycles. The summed E-state index contributed by atoms with van der Waals surface area (Å²) in [6, 6.07) is 14.2. The molecule has 5 heteroatoms. The Bertz CT molecular complexity index is 844. The first-order valence-corrected chi connectivity index (χ1v) is 10.4. The van der Waals surface area contributed by atoms with Gasteiger partial charge >= 0.3 is 0 Å². The molecule has 2 N–H and O–H groups in total. The van der Waals surface area contributed by atoms with Crippen molar-refractivity contribution in [3.8, 4) is 5.75 Å². The lowest BCUT2D eigenvalue weighted by molar-refractivity contribution is 0.127. The van der Waals surface area contributed by atoms with Gasteiger partial charge in [0.25, 0.3) is 0 Å². The normalized spacial score (nSPS) is 17.6. The van der Waals surface area contributed by atoms with Crippen LogP contribution < -0.4 is 10.1 Å². The lowest BCUT2D eigenvalue weighted by atomic mass is 9.97. The summed E-state index contributed by atoms with van der Waals surface area (Å²) in [6.07, 6.45) is 4.33. The van der Waals surface area contributed by atoms with E-state index in [1.807, 2.05) is 18.2 Å². The molecule has 0 radical (unpaired) electrons. The van der Waals surface area contributed by atoms with Crippen molar-refractivity contribution in [1.82, 2.24) is 4.90 Å². The first-order chi connectivity index (χ1) is 13.7. The number of fused-ring (bicyclic) bond motifs is 1. The molecule has 0 saturated carbocycles. The third-order valence-corrected chi connectivity index (χ3v) is 5.86. The molecular weight excluding hydrogens is 372 g/mol. The van der Waals surface area contributed by atoms with Crippen LogP contribution >= 0.6 is 11.6 Å². The van der Waals surface area contributed by atoms with E-state index in [1.54, 1.807) is 0 Å². The average molecular weight is 399 g/mol. The van der Waals surface area contributed by atoms with Gasteiger partial charge in [0.05, 0.1) is 0 Å². The lowest BCUT2D eigenvalue weighted by Gasteiger charge is -2.31. The van der Waals surface area contributed by atoms with Crippen molar-refractivity contribution in [3.63, 3.8) is 0 Å². The largest absolute Gasteiger partial charge is 0.489 e. The van der Waals surface area contributed by atoms with E-state index in [1.165, 1.54) is 16.8 Å². The number of ether oxygens (including phenoxy) is 1. The molecule has 1 saturated heterocycles. The number of rotatable bonds is 6. The van der Waals surface area contributed by atoms with Gasteiger partial charge in [0, 0.05) is 36.0 Å². The Morgan fingerprint density at radius 3 is 2.79 bits per heavy atom. The Morgan fingerprint density at radius 2 is 1.96 bits per heavy atom. The van der Waals surface area contributed by atoms with Crippen LogP contribution in [0.15, 0.2) is 48.0 Å². The fraction of sp³-hybridized carbons (Fsp3) is 0.391. The molecule has 0 atom stereocenters. The number of hydrogen-bond acceptors (Lipinski definition) is 4. The Balaban J connectivity index is 1.39. The smallest absolute Gasteiger partial charge is 0.127 e. The van der Waals surface area contributed by atoms with E-state index in [0.29, 0.717) is 19.1 Å². The van der Waals surface area contributed by atoms with Crippen LogP contribution in [0.2, 0.25) is 5.02 Å². The predicted molar refractivity (Wildman–Crippen MR) is 115 cm³/mol. The third-order valence-electron chi connectivity index (χ3n) is 5.63. The highest BCUT2D eigenvalue weighted by molar-refractivity contribution is 6.30. The first-order valence-electron chi connectivity index (χ1n) is 9.98. The van der Waals surface area contributed by atoms with Crippen LogP contribution in [-0.4, -0.2) is 42.9 Å². The number of halogens is 1. The number of piperidine rings is 1. The number of hydrogen-bond donors (Lipinski definition) is 2. The van der Waals surface area contributed by atoms with E-state index < -0.39 is 0 Å². The number of benzene rings is 2. The van der Waals surface area contributed by atoms with Gasteiger partial charge in [-0.3, -0.25) is 4.90 Å². The van der Waals surface area contributed by atoms with Gasteiger partial charge < -0.3 is 15.2 Å². The number of para-hydroxylation sites is 1. The minimum atomic E-state index is 0.317. The fourth-order valence-electron chi connectivity index (χ4n) is 3.91. The molecule has 0 aromatic heterocycles. The molecule has 2 heterocycles. The number of likely N-dealkylation sites (tertiary alicyclic amines) is 1.